The third-order valence-electron chi connectivity index (χ3n) is 4.19. The fourth-order valence-corrected chi connectivity index (χ4v) is 3.02. The van der Waals surface area contributed by atoms with Gasteiger partial charge in [-0.15, -0.1) is 0 Å². The quantitative estimate of drug-likeness (QED) is 0.491. The lowest BCUT2D eigenvalue weighted by Gasteiger charge is -2.11. The maximum absolute atomic E-state index is 13.6. The number of benzene rings is 1. The number of carbonyl (C=O) groups is 1. The highest BCUT2D eigenvalue weighted by atomic mass is 35.5. The molecule has 7 nitrogen and oxygen atoms in total. The van der Waals surface area contributed by atoms with Crippen molar-refractivity contribution in [3.63, 3.8) is 0 Å². The van der Waals surface area contributed by atoms with Crippen LogP contribution in [0, 0.1) is 0 Å². The molecule has 0 aliphatic carbocycles. The van der Waals surface area contributed by atoms with Crippen molar-refractivity contribution in [3.8, 4) is 17.2 Å². The molecule has 0 atom stereocenters. The standard InChI is InChI=1S/C19H12ClF3N4O3/c1-29-14-5-4-10(20)7-12(14)26-18(28)11-9-24-27-16(19(21,22)23)8-13(25-17(11)27)15-3-2-6-30-15/h2-9H,1H3,(H,26,28). The summed E-state index contributed by atoms with van der Waals surface area (Å²) in [5.74, 6) is -0.292. The van der Waals surface area contributed by atoms with Crippen LogP contribution in [0.4, 0.5) is 18.9 Å². The third-order valence-corrected chi connectivity index (χ3v) is 4.43. The van der Waals surface area contributed by atoms with E-state index in [0.717, 1.165) is 12.3 Å². The van der Waals surface area contributed by atoms with Gasteiger partial charge in [0.25, 0.3) is 5.91 Å². The SMILES string of the molecule is COc1ccc(Cl)cc1NC(=O)c1cnn2c(C(F)(F)F)cc(-c3ccco3)nc12. The number of ether oxygens (including phenoxy) is 1. The molecule has 11 heteroatoms. The lowest BCUT2D eigenvalue weighted by Crippen LogP contribution is -2.16. The fourth-order valence-electron chi connectivity index (χ4n) is 2.84. The van der Waals surface area contributed by atoms with Crippen LogP contribution in [0.25, 0.3) is 17.1 Å². The molecule has 1 aromatic carbocycles. The number of rotatable bonds is 4. The van der Waals surface area contributed by atoms with Gasteiger partial charge in [-0.25, -0.2) is 9.50 Å². The van der Waals surface area contributed by atoms with Gasteiger partial charge < -0.3 is 14.5 Å². The predicted octanol–water partition coefficient (Wildman–Crippen LogP) is 4.92. The largest absolute Gasteiger partial charge is 0.495 e. The van der Waals surface area contributed by atoms with E-state index < -0.39 is 17.8 Å². The first kappa shape index (κ1) is 19.8. The fraction of sp³-hybridized carbons (Fsp3) is 0.105. The molecule has 3 heterocycles. The highest BCUT2D eigenvalue weighted by Gasteiger charge is 2.36. The van der Waals surface area contributed by atoms with Crippen molar-refractivity contribution < 1.29 is 27.1 Å². The average molecular weight is 437 g/mol. The Kier molecular flexibility index (Phi) is 4.86. The predicted molar refractivity (Wildman–Crippen MR) is 102 cm³/mol. The number of halogens is 4. The van der Waals surface area contributed by atoms with Crippen molar-refractivity contribution in [1.29, 1.82) is 0 Å². The van der Waals surface area contributed by atoms with Gasteiger partial charge in [0, 0.05) is 5.02 Å². The number of alkyl halides is 3. The molecule has 1 N–H and O–H groups in total. The summed E-state index contributed by atoms with van der Waals surface area (Å²) in [4.78, 5) is 17.0. The van der Waals surface area contributed by atoms with Crippen molar-refractivity contribution in [2.24, 2.45) is 0 Å². The Bertz CT molecular complexity index is 1240. The van der Waals surface area contributed by atoms with E-state index in [1.165, 1.54) is 31.6 Å². The van der Waals surface area contributed by atoms with Crippen LogP contribution in [-0.2, 0) is 6.18 Å². The molecule has 30 heavy (non-hydrogen) atoms. The topological polar surface area (TPSA) is 81.7 Å². The van der Waals surface area contributed by atoms with Crippen LogP contribution in [-0.4, -0.2) is 27.6 Å². The van der Waals surface area contributed by atoms with Crippen molar-refractivity contribution in [1.82, 2.24) is 14.6 Å². The number of aromatic nitrogens is 3. The summed E-state index contributed by atoms with van der Waals surface area (Å²) in [6.45, 7) is 0. The Labute approximate surface area is 172 Å². The molecular weight excluding hydrogens is 425 g/mol. The molecule has 0 unspecified atom stereocenters. The van der Waals surface area contributed by atoms with E-state index in [1.807, 2.05) is 0 Å². The maximum Gasteiger partial charge on any atom is 0.433 e. The second-order valence-corrected chi connectivity index (χ2v) is 6.53. The average Bonchev–Trinajstić information content (AvgIpc) is 3.36. The molecule has 0 saturated heterocycles. The number of fused-ring (bicyclic) bond motifs is 1. The van der Waals surface area contributed by atoms with Gasteiger partial charge in [0.1, 0.15) is 17.0 Å². The summed E-state index contributed by atoms with van der Waals surface area (Å²) in [5.41, 5.74) is -1.40. The van der Waals surface area contributed by atoms with Crippen LogP contribution in [0.5, 0.6) is 5.75 Å². The molecule has 0 fully saturated rings. The summed E-state index contributed by atoms with van der Waals surface area (Å²) in [6, 6.07) is 8.35. The van der Waals surface area contributed by atoms with Crippen LogP contribution in [0.15, 0.2) is 53.3 Å². The molecule has 154 valence electrons. The smallest absolute Gasteiger partial charge is 0.433 e. The molecular formula is C19H12ClF3N4O3. The Hall–Kier alpha value is -3.53. The van der Waals surface area contributed by atoms with E-state index in [0.29, 0.717) is 15.3 Å². The van der Waals surface area contributed by atoms with Crippen LogP contribution in [0.3, 0.4) is 0 Å². The summed E-state index contributed by atoms with van der Waals surface area (Å²) >= 11 is 5.95. The highest BCUT2D eigenvalue weighted by Crippen LogP contribution is 2.33. The maximum atomic E-state index is 13.6. The molecule has 0 aliphatic rings. The van der Waals surface area contributed by atoms with Gasteiger partial charge in [-0.3, -0.25) is 4.79 Å². The molecule has 4 rings (SSSR count). The molecule has 1 amide bonds. The zero-order chi connectivity index (χ0) is 21.5. The number of hydrogen-bond acceptors (Lipinski definition) is 5. The Morgan fingerprint density at radius 2 is 2.07 bits per heavy atom. The van der Waals surface area contributed by atoms with E-state index in [1.54, 1.807) is 12.1 Å². The van der Waals surface area contributed by atoms with Gasteiger partial charge in [0.2, 0.25) is 0 Å². The number of anilines is 1. The van der Waals surface area contributed by atoms with Crippen molar-refractivity contribution in [2.45, 2.75) is 6.18 Å². The summed E-state index contributed by atoms with van der Waals surface area (Å²) in [6.07, 6.45) is -2.42. The lowest BCUT2D eigenvalue weighted by molar-refractivity contribution is -0.142. The number of hydrogen-bond donors (Lipinski definition) is 1. The second-order valence-electron chi connectivity index (χ2n) is 6.09. The van der Waals surface area contributed by atoms with Crippen LogP contribution >= 0.6 is 11.6 Å². The Morgan fingerprint density at radius 3 is 2.73 bits per heavy atom. The van der Waals surface area contributed by atoms with Gasteiger partial charge >= 0.3 is 6.18 Å². The van der Waals surface area contributed by atoms with Crippen molar-refractivity contribution in [3.05, 3.63) is 65.1 Å². The van der Waals surface area contributed by atoms with Gasteiger partial charge in [-0.05, 0) is 36.4 Å². The number of carbonyl (C=O) groups excluding carboxylic acids is 1. The zero-order valence-corrected chi connectivity index (χ0v) is 16.0. The minimum absolute atomic E-state index is 0.0882. The van der Waals surface area contributed by atoms with E-state index in [-0.39, 0.29) is 28.4 Å². The molecule has 0 radical (unpaired) electrons. The minimum atomic E-state index is -4.74. The third kappa shape index (κ3) is 3.57. The Balaban J connectivity index is 1.83. The van der Waals surface area contributed by atoms with E-state index >= 15 is 0 Å². The van der Waals surface area contributed by atoms with Crippen LogP contribution in [0.1, 0.15) is 16.1 Å². The first-order chi connectivity index (χ1) is 14.3. The second kappa shape index (κ2) is 7.38. The van der Waals surface area contributed by atoms with E-state index in [2.05, 4.69) is 15.4 Å². The van der Waals surface area contributed by atoms with Gasteiger partial charge in [0.15, 0.2) is 17.1 Å². The van der Waals surface area contributed by atoms with Crippen molar-refractivity contribution >= 4 is 28.8 Å². The number of furan rings is 1. The zero-order valence-electron chi connectivity index (χ0n) is 15.2. The Morgan fingerprint density at radius 1 is 1.27 bits per heavy atom. The van der Waals surface area contributed by atoms with Gasteiger partial charge in [-0.1, -0.05) is 11.6 Å². The molecule has 0 spiro atoms. The van der Waals surface area contributed by atoms with Crippen LogP contribution in [0.2, 0.25) is 5.02 Å². The monoisotopic (exact) mass is 436 g/mol. The van der Waals surface area contributed by atoms with E-state index in [9.17, 15) is 18.0 Å². The minimum Gasteiger partial charge on any atom is -0.495 e. The molecule has 4 aromatic rings. The number of methoxy groups -OCH3 is 1. The summed E-state index contributed by atoms with van der Waals surface area (Å²) in [5, 5.41) is 6.62. The summed E-state index contributed by atoms with van der Waals surface area (Å²) < 4.78 is 51.7. The highest BCUT2D eigenvalue weighted by molar-refractivity contribution is 6.31. The molecule has 3 aromatic heterocycles. The number of nitrogens with one attached hydrogen (secondary N) is 1. The summed E-state index contributed by atoms with van der Waals surface area (Å²) in [7, 11) is 1.40. The number of amides is 1. The molecule has 0 bridgehead atoms. The van der Waals surface area contributed by atoms with Gasteiger partial charge in [0.05, 0.1) is 25.3 Å². The molecule has 0 saturated carbocycles. The van der Waals surface area contributed by atoms with Crippen molar-refractivity contribution in [2.75, 3.05) is 12.4 Å². The first-order valence-electron chi connectivity index (χ1n) is 8.42. The van der Waals surface area contributed by atoms with E-state index in [4.69, 9.17) is 20.8 Å². The normalized spacial score (nSPS) is 11.6. The van der Waals surface area contributed by atoms with Crippen LogP contribution < -0.4 is 10.1 Å². The number of nitrogens with zero attached hydrogens (tertiary/aromatic N) is 3. The first-order valence-corrected chi connectivity index (χ1v) is 8.80. The molecule has 0 aliphatic heterocycles. The van der Waals surface area contributed by atoms with Gasteiger partial charge in [-0.2, -0.15) is 18.3 Å². The lowest BCUT2D eigenvalue weighted by atomic mass is 10.2.